The first-order chi connectivity index (χ1) is 19.0. The zero-order chi connectivity index (χ0) is 27.6. The molecule has 2 aromatic rings. The summed E-state index contributed by atoms with van der Waals surface area (Å²) >= 11 is 0. The minimum Gasteiger partial charge on any atom is -0.496 e. The zero-order valence-electron chi connectivity index (χ0n) is 23.6. The Morgan fingerprint density at radius 2 is 1.56 bits per heavy atom. The molecule has 1 amide bonds. The van der Waals surface area contributed by atoms with Gasteiger partial charge in [-0.3, -0.25) is 14.3 Å². The van der Waals surface area contributed by atoms with E-state index < -0.39 is 12.0 Å². The molecule has 8 nitrogen and oxygen atoms in total. The van der Waals surface area contributed by atoms with E-state index in [1.165, 1.54) is 51.4 Å². The number of carboxylic acid groups (broad SMARTS) is 1. The summed E-state index contributed by atoms with van der Waals surface area (Å²) in [5, 5.41) is 17.4. The highest BCUT2D eigenvalue weighted by molar-refractivity contribution is 5.94. The third kappa shape index (κ3) is 7.76. The predicted molar refractivity (Wildman–Crippen MR) is 151 cm³/mol. The number of carboxylic acids is 1. The van der Waals surface area contributed by atoms with E-state index in [2.05, 4.69) is 5.32 Å². The number of methoxy groups -OCH3 is 2. The Hall–Kier alpha value is -3.03. The van der Waals surface area contributed by atoms with Gasteiger partial charge in [-0.2, -0.15) is 5.10 Å². The van der Waals surface area contributed by atoms with Gasteiger partial charge in [0.05, 0.1) is 37.9 Å². The van der Waals surface area contributed by atoms with Crippen LogP contribution in [0.5, 0.6) is 11.5 Å². The van der Waals surface area contributed by atoms with Gasteiger partial charge in [0.1, 0.15) is 11.5 Å². The number of nitrogens with zero attached hydrogens (tertiary/aromatic N) is 2. The molecule has 2 aliphatic rings. The lowest BCUT2D eigenvalue weighted by Crippen LogP contribution is -2.37. The molecule has 4 rings (SSSR count). The van der Waals surface area contributed by atoms with E-state index in [-0.39, 0.29) is 18.4 Å². The highest BCUT2D eigenvalue weighted by Crippen LogP contribution is 2.41. The van der Waals surface area contributed by atoms with Gasteiger partial charge in [-0.15, -0.1) is 0 Å². The summed E-state index contributed by atoms with van der Waals surface area (Å²) in [6.45, 7) is 0. The van der Waals surface area contributed by atoms with Crippen molar-refractivity contribution in [3.8, 4) is 22.8 Å². The van der Waals surface area contributed by atoms with Crippen LogP contribution in [0.4, 0.5) is 0 Å². The van der Waals surface area contributed by atoms with Crippen molar-refractivity contribution in [3.05, 3.63) is 30.0 Å². The number of amides is 1. The third-order valence-corrected chi connectivity index (χ3v) is 8.48. The van der Waals surface area contributed by atoms with Gasteiger partial charge < -0.3 is 19.9 Å². The number of rotatable bonds is 11. The van der Waals surface area contributed by atoms with Crippen LogP contribution in [-0.2, 0) is 4.79 Å². The molecular formula is C31H45N3O5. The number of ether oxygens (including phenoxy) is 2. The van der Waals surface area contributed by atoms with Crippen LogP contribution in [0.15, 0.2) is 24.3 Å². The van der Waals surface area contributed by atoms with Crippen LogP contribution in [0.2, 0.25) is 0 Å². The maximum atomic E-state index is 13.6. The van der Waals surface area contributed by atoms with E-state index in [1.807, 2.05) is 28.9 Å². The van der Waals surface area contributed by atoms with Gasteiger partial charge in [-0.05, 0) is 49.8 Å². The summed E-state index contributed by atoms with van der Waals surface area (Å²) in [5.74, 6) is 0.706. The van der Waals surface area contributed by atoms with Gasteiger partial charge in [0, 0.05) is 6.04 Å². The Bertz CT molecular complexity index is 1060. The smallest absolute Gasteiger partial charge is 0.305 e. The number of benzene rings is 1. The summed E-state index contributed by atoms with van der Waals surface area (Å²) in [6, 6.07) is 7.22. The van der Waals surface area contributed by atoms with Crippen molar-refractivity contribution >= 4 is 11.9 Å². The first-order valence-corrected chi connectivity index (χ1v) is 14.8. The summed E-state index contributed by atoms with van der Waals surface area (Å²) < 4.78 is 13.4. The number of nitrogens with one attached hydrogen (secondary N) is 1. The molecule has 0 unspecified atom stereocenters. The van der Waals surface area contributed by atoms with Crippen LogP contribution in [-0.4, -0.2) is 47.0 Å². The fourth-order valence-electron chi connectivity index (χ4n) is 6.36. The average Bonchev–Trinajstić information content (AvgIpc) is 3.36. The minimum atomic E-state index is -0.900. The predicted octanol–water partition coefficient (Wildman–Crippen LogP) is 6.79. The maximum Gasteiger partial charge on any atom is 0.305 e. The molecule has 39 heavy (non-hydrogen) atoms. The lowest BCUT2D eigenvalue weighted by molar-refractivity contribution is -0.137. The van der Waals surface area contributed by atoms with Gasteiger partial charge in [-0.25, -0.2) is 0 Å². The molecule has 1 atom stereocenters. The Kier molecular flexibility index (Phi) is 10.7. The summed E-state index contributed by atoms with van der Waals surface area (Å²) in [6.07, 6.45) is 15.6. The molecular weight excluding hydrogens is 494 g/mol. The van der Waals surface area contributed by atoms with Crippen LogP contribution < -0.4 is 14.8 Å². The Balaban J connectivity index is 1.63. The molecule has 0 aliphatic heterocycles. The molecule has 0 radical (unpaired) electrons. The number of carbonyl (C=O) groups excluding carboxylic acids is 1. The molecule has 2 fully saturated rings. The Labute approximate surface area is 232 Å². The standard InChI is InChI=1S/C31H45N3O5/c1-38-27-16-11-17-28(39-2)30(27)26-21-25(33-34(26)24-14-9-4-3-5-10-15-24)31(37)32-23(20-29(35)36)19-18-22-12-7-6-8-13-22/h11,16-17,21-24H,3-10,12-15,18-20H2,1-2H3,(H,32,37)(H,35,36)/t23-/m0/s1. The molecule has 214 valence electrons. The van der Waals surface area contributed by atoms with Gasteiger partial charge in [0.25, 0.3) is 5.91 Å². The molecule has 0 spiro atoms. The van der Waals surface area contributed by atoms with Crippen molar-refractivity contribution < 1.29 is 24.2 Å². The van der Waals surface area contributed by atoms with Gasteiger partial charge in [0.15, 0.2) is 5.69 Å². The second kappa shape index (κ2) is 14.4. The van der Waals surface area contributed by atoms with E-state index in [9.17, 15) is 14.7 Å². The van der Waals surface area contributed by atoms with Gasteiger partial charge in [0.2, 0.25) is 0 Å². The van der Waals surface area contributed by atoms with E-state index in [0.29, 0.717) is 29.5 Å². The van der Waals surface area contributed by atoms with Crippen LogP contribution in [0.1, 0.15) is 113 Å². The number of hydrogen-bond donors (Lipinski definition) is 2. The van der Waals surface area contributed by atoms with Crippen molar-refractivity contribution in [2.45, 2.75) is 108 Å². The second-order valence-electron chi connectivity index (χ2n) is 11.2. The van der Waals surface area contributed by atoms with Crippen LogP contribution in [0.25, 0.3) is 11.3 Å². The van der Waals surface area contributed by atoms with E-state index >= 15 is 0 Å². The minimum absolute atomic E-state index is 0.0883. The van der Waals surface area contributed by atoms with Crippen molar-refractivity contribution in [2.75, 3.05) is 14.2 Å². The number of aliphatic carboxylic acids is 1. The van der Waals surface area contributed by atoms with Crippen molar-refractivity contribution in [1.29, 1.82) is 0 Å². The zero-order valence-corrected chi connectivity index (χ0v) is 23.6. The highest BCUT2D eigenvalue weighted by Gasteiger charge is 2.27. The fourth-order valence-corrected chi connectivity index (χ4v) is 6.36. The molecule has 1 aromatic carbocycles. The topological polar surface area (TPSA) is 103 Å². The second-order valence-corrected chi connectivity index (χ2v) is 11.2. The Morgan fingerprint density at radius 3 is 2.18 bits per heavy atom. The normalized spacial score (nSPS) is 18.1. The largest absolute Gasteiger partial charge is 0.496 e. The molecule has 2 N–H and O–H groups in total. The summed E-state index contributed by atoms with van der Waals surface area (Å²) in [5.41, 5.74) is 1.86. The average molecular weight is 540 g/mol. The molecule has 2 aliphatic carbocycles. The molecule has 0 bridgehead atoms. The number of aromatic nitrogens is 2. The molecule has 2 saturated carbocycles. The van der Waals surface area contributed by atoms with Crippen LogP contribution in [0.3, 0.4) is 0 Å². The van der Waals surface area contributed by atoms with E-state index in [4.69, 9.17) is 14.6 Å². The monoisotopic (exact) mass is 539 g/mol. The fraction of sp³-hybridized carbons (Fsp3) is 0.645. The lowest BCUT2D eigenvalue weighted by atomic mass is 9.85. The molecule has 8 heteroatoms. The van der Waals surface area contributed by atoms with Gasteiger partial charge >= 0.3 is 5.97 Å². The van der Waals surface area contributed by atoms with E-state index in [1.54, 1.807) is 14.2 Å². The van der Waals surface area contributed by atoms with Crippen molar-refractivity contribution in [3.63, 3.8) is 0 Å². The molecule has 1 aromatic heterocycles. The SMILES string of the molecule is COc1cccc(OC)c1-c1cc(C(=O)N[C@@H](CCC2CCCCC2)CC(=O)O)nn1C1CCCCCCC1. The highest BCUT2D eigenvalue weighted by atomic mass is 16.5. The first kappa shape index (κ1) is 29.0. The van der Waals surface area contributed by atoms with E-state index in [0.717, 1.165) is 43.4 Å². The lowest BCUT2D eigenvalue weighted by Gasteiger charge is -2.24. The van der Waals surface area contributed by atoms with Crippen molar-refractivity contribution in [1.82, 2.24) is 15.1 Å². The van der Waals surface area contributed by atoms with Crippen LogP contribution >= 0.6 is 0 Å². The number of hydrogen-bond acceptors (Lipinski definition) is 5. The molecule has 0 saturated heterocycles. The summed E-state index contributed by atoms with van der Waals surface area (Å²) in [4.78, 5) is 25.2. The summed E-state index contributed by atoms with van der Waals surface area (Å²) in [7, 11) is 3.26. The third-order valence-electron chi connectivity index (χ3n) is 8.48. The van der Waals surface area contributed by atoms with Gasteiger partial charge in [-0.1, -0.05) is 70.3 Å². The maximum absolute atomic E-state index is 13.6. The molecule has 1 heterocycles. The number of carbonyl (C=O) groups is 2. The Morgan fingerprint density at radius 1 is 0.974 bits per heavy atom. The quantitative estimate of drug-likeness (QED) is 0.326. The van der Waals surface area contributed by atoms with Crippen molar-refractivity contribution in [2.24, 2.45) is 5.92 Å². The first-order valence-electron chi connectivity index (χ1n) is 14.8. The van der Waals surface area contributed by atoms with Crippen LogP contribution in [0, 0.1) is 5.92 Å².